The molecule has 47 heavy (non-hydrogen) atoms. The normalized spacial score (nSPS) is 11.9. The summed E-state index contributed by atoms with van der Waals surface area (Å²) in [6.07, 6.45) is 0. The molecule has 8 bridgehead atoms. The second kappa shape index (κ2) is 10.0. The Morgan fingerprint density at radius 3 is 1.40 bits per heavy atom. The predicted octanol–water partition coefficient (Wildman–Crippen LogP) is 9.90. The Balaban J connectivity index is 1.49. The first-order valence-corrected chi connectivity index (χ1v) is 16.1. The predicted molar refractivity (Wildman–Crippen MR) is 191 cm³/mol. The number of nitrogens with one attached hydrogen (secondary N) is 2. The molecule has 8 aromatic rings. The van der Waals surface area contributed by atoms with Crippen LogP contribution in [0.4, 0.5) is 0 Å². The highest BCUT2D eigenvalue weighted by Gasteiger charge is 2.25. The van der Waals surface area contributed by atoms with Crippen LogP contribution in [0.25, 0.3) is 101 Å². The fourth-order valence-corrected chi connectivity index (χ4v) is 7.26. The Morgan fingerprint density at radius 1 is 0.383 bits per heavy atom. The molecule has 5 aromatic carbocycles. The maximum absolute atomic E-state index is 5.32. The fraction of sp³-hybridized carbons (Fsp3) is 0. The summed E-state index contributed by atoms with van der Waals surface area (Å²) in [5.41, 5.74) is 9.63. The van der Waals surface area contributed by atoms with E-state index in [1.54, 1.807) is 0 Å². The van der Waals surface area contributed by atoms with Crippen LogP contribution in [0.5, 0.6) is 0 Å². The van der Waals surface area contributed by atoms with E-state index >= 15 is 0 Å². The van der Waals surface area contributed by atoms with E-state index in [1.165, 1.54) is 0 Å². The molecule has 0 aliphatic carbocycles. The molecule has 10 rings (SSSR count). The van der Waals surface area contributed by atoms with E-state index in [4.69, 9.17) is 24.9 Å². The highest BCUT2D eigenvalue weighted by molar-refractivity contribution is 9.10. The Morgan fingerprint density at radius 2 is 0.809 bits per heavy atom. The molecule has 7 nitrogen and oxygen atoms in total. The van der Waals surface area contributed by atoms with Crippen LogP contribution in [-0.2, 0) is 0 Å². The van der Waals surface area contributed by atoms with Crippen molar-refractivity contribution in [2.24, 2.45) is 0 Å². The Bertz CT molecular complexity index is 2780. The van der Waals surface area contributed by atoms with Crippen molar-refractivity contribution >= 4 is 59.9 Å². The third kappa shape index (κ3) is 3.95. The third-order valence-corrected chi connectivity index (χ3v) is 9.61. The molecule has 2 aliphatic heterocycles. The maximum atomic E-state index is 5.32. The standard InChI is InChI=1S/C39H22BrN7/c40-30-20-10-9-19-29(30)31-32-21-11-1-3-13-23(21)34(41-32)43-36-25-15-5-7-17-27(25)38(45-36)47-39-28-18-8-6-16-26(28)37(46-39)44-35-24-14-4-2-12-22(24)33(31)42-35/h1-20H,(H2,41,42,43,44,45,46,47). The van der Waals surface area contributed by atoms with Crippen molar-refractivity contribution < 1.29 is 0 Å². The molecule has 220 valence electrons. The Kier molecular flexibility index (Phi) is 5.59. The first-order valence-electron chi connectivity index (χ1n) is 15.3. The van der Waals surface area contributed by atoms with Gasteiger partial charge in [-0.25, -0.2) is 24.9 Å². The zero-order valence-corrected chi connectivity index (χ0v) is 26.2. The summed E-state index contributed by atoms with van der Waals surface area (Å²) in [7, 11) is 0. The van der Waals surface area contributed by atoms with Gasteiger partial charge in [0.2, 0.25) is 0 Å². The summed E-state index contributed by atoms with van der Waals surface area (Å²) in [5.74, 6) is 1.83. The van der Waals surface area contributed by atoms with Gasteiger partial charge in [-0.15, -0.1) is 0 Å². The van der Waals surface area contributed by atoms with E-state index in [0.717, 1.165) is 76.3 Å². The molecule has 0 radical (unpaired) electrons. The quantitative estimate of drug-likeness (QED) is 0.182. The lowest BCUT2D eigenvalue weighted by atomic mass is 9.97. The van der Waals surface area contributed by atoms with Gasteiger partial charge in [-0.3, -0.25) is 0 Å². The van der Waals surface area contributed by atoms with E-state index in [-0.39, 0.29) is 0 Å². The number of aromatic nitrogens is 7. The number of H-pyrrole nitrogens is 2. The van der Waals surface area contributed by atoms with Gasteiger partial charge >= 0.3 is 0 Å². The zero-order chi connectivity index (χ0) is 31.1. The molecule has 0 spiro atoms. The lowest BCUT2D eigenvalue weighted by molar-refractivity contribution is 1.21. The van der Waals surface area contributed by atoms with Gasteiger partial charge < -0.3 is 9.97 Å². The van der Waals surface area contributed by atoms with Crippen LogP contribution in [0.2, 0.25) is 0 Å². The number of aromatic amines is 2. The minimum absolute atomic E-state index is 0.598. The largest absolute Gasteiger partial charge is 0.339 e. The molecule has 3 aromatic heterocycles. The smallest absolute Gasteiger partial charge is 0.164 e. The van der Waals surface area contributed by atoms with Crippen LogP contribution in [0.1, 0.15) is 0 Å². The Hall–Kier alpha value is -5.99. The average Bonchev–Trinajstić information content (AvgIpc) is 3.85. The van der Waals surface area contributed by atoms with E-state index < -0.39 is 0 Å². The molecular formula is C39H22BrN7. The Labute approximate surface area is 276 Å². The molecule has 0 saturated heterocycles. The number of halogens is 1. The number of nitrogens with zero attached hydrogens (tertiary/aromatic N) is 5. The minimum Gasteiger partial charge on any atom is -0.339 e. The third-order valence-electron chi connectivity index (χ3n) is 8.91. The van der Waals surface area contributed by atoms with Gasteiger partial charge in [0, 0.05) is 59.4 Å². The van der Waals surface area contributed by atoms with Crippen molar-refractivity contribution in [2.45, 2.75) is 0 Å². The number of benzene rings is 5. The summed E-state index contributed by atoms with van der Waals surface area (Å²) in [6.45, 7) is 0. The summed E-state index contributed by atoms with van der Waals surface area (Å²) >= 11 is 3.86. The van der Waals surface area contributed by atoms with Crippen LogP contribution in [0.15, 0.2) is 126 Å². The summed E-state index contributed by atoms with van der Waals surface area (Å²) < 4.78 is 0.960. The van der Waals surface area contributed by atoms with Crippen molar-refractivity contribution in [3.8, 4) is 56.5 Å². The van der Waals surface area contributed by atoms with Gasteiger partial charge in [0.15, 0.2) is 17.5 Å². The summed E-state index contributed by atoms with van der Waals surface area (Å²) in [6, 6.07) is 41.1. The van der Waals surface area contributed by atoms with Gasteiger partial charge in [-0.05, 0) is 6.07 Å². The van der Waals surface area contributed by atoms with E-state index in [2.05, 4.69) is 92.6 Å². The second-order valence-corrected chi connectivity index (χ2v) is 12.4. The van der Waals surface area contributed by atoms with E-state index in [1.807, 2.05) is 54.6 Å². The van der Waals surface area contributed by atoms with Gasteiger partial charge in [0.05, 0.1) is 11.2 Å². The molecule has 0 fully saturated rings. The van der Waals surface area contributed by atoms with Gasteiger partial charge in [-0.1, -0.05) is 131 Å². The van der Waals surface area contributed by atoms with Crippen molar-refractivity contribution in [2.75, 3.05) is 0 Å². The highest BCUT2D eigenvalue weighted by atomic mass is 79.9. The number of fused-ring (bicyclic) bond motifs is 20. The molecular weight excluding hydrogens is 646 g/mol. The van der Waals surface area contributed by atoms with E-state index in [0.29, 0.717) is 28.8 Å². The van der Waals surface area contributed by atoms with Crippen molar-refractivity contribution in [3.63, 3.8) is 0 Å². The molecule has 0 atom stereocenters. The molecule has 0 unspecified atom stereocenters. The van der Waals surface area contributed by atoms with Crippen LogP contribution >= 0.6 is 15.9 Å². The molecule has 0 saturated carbocycles. The lowest BCUT2D eigenvalue weighted by Crippen LogP contribution is -1.87. The van der Waals surface area contributed by atoms with Crippen molar-refractivity contribution in [3.05, 3.63) is 126 Å². The van der Waals surface area contributed by atoms with Gasteiger partial charge in [0.25, 0.3) is 0 Å². The van der Waals surface area contributed by atoms with Crippen LogP contribution in [-0.4, -0.2) is 34.9 Å². The van der Waals surface area contributed by atoms with Crippen LogP contribution in [0, 0.1) is 0 Å². The second-order valence-electron chi connectivity index (χ2n) is 11.6. The average molecular weight is 669 g/mol. The molecule has 0 amide bonds. The molecule has 5 heterocycles. The molecule has 2 N–H and O–H groups in total. The van der Waals surface area contributed by atoms with Gasteiger partial charge in [0.1, 0.15) is 16.9 Å². The highest BCUT2D eigenvalue weighted by Crippen LogP contribution is 2.45. The minimum atomic E-state index is 0.598. The SMILES string of the molecule is Brc1ccccc1-c1c2nc(nc3[nH]c(nc4nc(nc5[nH]c1c1ccccc51)-c1ccccc1-4)c1ccccc31)-c1ccccc1-2. The lowest BCUT2D eigenvalue weighted by Gasteiger charge is -2.09. The van der Waals surface area contributed by atoms with Crippen LogP contribution in [0.3, 0.4) is 0 Å². The zero-order valence-electron chi connectivity index (χ0n) is 24.7. The van der Waals surface area contributed by atoms with E-state index in [9.17, 15) is 0 Å². The first kappa shape index (κ1) is 26.2. The van der Waals surface area contributed by atoms with Crippen molar-refractivity contribution in [1.82, 2.24) is 34.9 Å². The van der Waals surface area contributed by atoms with Crippen LogP contribution < -0.4 is 0 Å². The van der Waals surface area contributed by atoms with Crippen molar-refractivity contribution in [1.29, 1.82) is 0 Å². The monoisotopic (exact) mass is 667 g/mol. The van der Waals surface area contributed by atoms with Gasteiger partial charge in [-0.2, -0.15) is 0 Å². The number of hydrogen-bond donors (Lipinski definition) is 2. The number of hydrogen-bond acceptors (Lipinski definition) is 5. The maximum Gasteiger partial charge on any atom is 0.164 e. The first-order chi connectivity index (χ1) is 23.2. The summed E-state index contributed by atoms with van der Waals surface area (Å²) in [4.78, 5) is 33.1. The molecule has 2 aliphatic rings. The topological polar surface area (TPSA) is 96.0 Å². The fourth-order valence-electron chi connectivity index (χ4n) is 6.78. The number of rotatable bonds is 1. The molecule has 8 heteroatoms. The summed E-state index contributed by atoms with van der Waals surface area (Å²) in [5, 5.41) is 3.94.